The van der Waals surface area contributed by atoms with Crippen LogP contribution in [-0.2, 0) is 6.54 Å². The zero-order valence-corrected chi connectivity index (χ0v) is 16.7. The molecule has 0 saturated carbocycles. The van der Waals surface area contributed by atoms with Gasteiger partial charge in [0.25, 0.3) is 5.91 Å². The summed E-state index contributed by atoms with van der Waals surface area (Å²) in [4.78, 5) is 17.4. The molecule has 0 radical (unpaired) electrons. The van der Waals surface area contributed by atoms with Crippen molar-refractivity contribution in [1.29, 1.82) is 0 Å². The fourth-order valence-electron chi connectivity index (χ4n) is 2.99. The summed E-state index contributed by atoms with van der Waals surface area (Å²) >= 11 is 0. The highest BCUT2D eigenvalue weighted by atomic mass is 19.1. The van der Waals surface area contributed by atoms with Gasteiger partial charge in [-0.3, -0.25) is 4.79 Å². The summed E-state index contributed by atoms with van der Waals surface area (Å²) in [7, 11) is 0. The van der Waals surface area contributed by atoms with Crippen molar-refractivity contribution < 1.29 is 13.6 Å². The van der Waals surface area contributed by atoms with Crippen molar-refractivity contribution in [3.05, 3.63) is 89.4 Å². The highest BCUT2D eigenvalue weighted by Crippen LogP contribution is 2.21. The Morgan fingerprint density at radius 1 is 1.10 bits per heavy atom. The molecular weight excluding hydrogens is 383 g/mol. The second-order valence-corrected chi connectivity index (χ2v) is 7.21. The highest BCUT2D eigenvalue weighted by molar-refractivity contribution is 5.97. The third kappa shape index (κ3) is 4.15. The molecule has 0 aliphatic carbocycles. The van der Waals surface area contributed by atoms with Crippen LogP contribution in [0.4, 0.5) is 10.3 Å². The number of nitrogens with zero attached hydrogens (tertiary/aromatic N) is 3. The van der Waals surface area contributed by atoms with Gasteiger partial charge in [0, 0.05) is 12.1 Å². The molecule has 0 atom stereocenters. The molecule has 30 heavy (non-hydrogen) atoms. The molecule has 4 rings (SSSR count). The fraction of sp³-hybridized carbons (Fsp3) is 0.174. The first-order valence-electron chi connectivity index (χ1n) is 9.65. The minimum Gasteiger partial charge on any atom is -0.461 e. The Kier molecular flexibility index (Phi) is 5.43. The second-order valence-electron chi connectivity index (χ2n) is 7.21. The molecule has 2 heterocycles. The van der Waals surface area contributed by atoms with Gasteiger partial charge in [0.1, 0.15) is 5.82 Å². The van der Waals surface area contributed by atoms with Crippen LogP contribution in [0.1, 0.15) is 41.3 Å². The normalized spacial score (nSPS) is 11.1. The first-order chi connectivity index (χ1) is 14.5. The van der Waals surface area contributed by atoms with E-state index in [1.54, 1.807) is 12.1 Å². The van der Waals surface area contributed by atoms with Crippen molar-refractivity contribution in [3.8, 4) is 11.6 Å². The molecule has 0 saturated heterocycles. The van der Waals surface area contributed by atoms with Crippen LogP contribution < -0.4 is 5.32 Å². The fourth-order valence-corrected chi connectivity index (χ4v) is 2.99. The lowest BCUT2D eigenvalue weighted by atomic mass is 10.0. The number of anilines is 1. The second kappa shape index (κ2) is 8.32. The highest BCUT2D eigenvalue weighted by Gasteiger charge is 2.20. The molecule has 4 aromatic rings. The maximum Gasteiger partial charge on any atom is 0.281 e. The maximum atomic E-state index is 13.2. The summed E-state index contributed by atoms with van der Waals surface area (Å²) in [6.45, 7) is 4.76. The van der Waals surface area contributed by atoms with Gasteiger partial charge < -0.3 is 9.73 Å². The van der Waals surface area contributed by atoms with Gasteiger partial charge in [-0.1, -0.05) is 38.1 Å². The van der Waals surface area contributed by atoms with Crippen LogP contribution in [0.2, 0.25) is 0 Å². The number of nitrogens with one attached hydrogen (secondary N) is 1. The van der Waals surface area contributed by atoms with Crippen molar-refractivity contribution in [1.82, 2.24) is 14.8 Å². The summed E-state index contributed by atoms with van der Waals surface area (Å²) in [5.74, 6) is 0.642. The minimum atomic E-state index is -0.419. The van der Waals surface area contributed by atoms with Gasteiger partial charge >= 0.3 is 0 Å². The quantitative estimate of drug-likeness (QED) is 0.484. The van der Waals surface area contributed by atoms with Gasteiger partial charge in [-0.25, -0.2) is 4.39 Å². The van der Waals surface area contributed by atoms with E-state index in [0.717, 1.165) is 5.56 Å². The first-order valence-corrected chi connectivity index (χ1v) is 9.65. The van der Waals surface area contributed by atoms with Gasteiger partial charge in [-0.2, -0.15) is 9.67 Å². The van der Waals surface area contributed by atoms with Gasteiger partial charge in [0.2, 0.25) is 11.8 Å². The van der Waals surface area contributed by atoms with Crippen molar-refractivity contribution in [2.45, 2.75) is 26.3 Å². The number of halogens is 1. The zero-order valence-electron chi connectivity index (χ0n) is 16.7. The monoisotopic (exact) mass is 404 g/mol. The predicted octanol–water partition coefficient (Wildman–Crippen LogP) is 5.10. The lowest BCUT2D eigenvalue weighted by molar-refractivity contribution is 0.0947. The lowest BCUT2D eigenvalue weighted by Gasteiger charge is -2.09. The molecular formula is C23H21FN4O2. The van der Waals surface area contributed by atoms with E-state index in [2.05, 4.69) is 41.4 Å². The first kappa shape index (κ1) is 19.6. The standard InChI is InChI=1S/C23H21FN4O2/c1-15(2)17-7-5-16(6-8-17)14-25-23-26-21(20-4-3-13-30-20)27-28(23)22(29)18-9-11-19(24)12-10-18/h3-13,15H,14H2,1-2H3,(H,25,26,27). The Morgan fingerprint density at radius 2 is 1.83 bits per heavy atom. The Morgan fingerprint density at radius 3 is 2.47 bits per heavy atom. The minimum absolute atomic E-state index is 0.281. The lowest BCUT2D eigenvalue weighted by Crippen LogP contribution is -2.17. The Labute approximate surface area is 173 Å². The molecule has 0 aliphatic heterocycles. The number of hydrogen-bond acceptors (Lipinski definition) is 5. The number of hydrogen-bond donors (Lipinski definition) is 1. The molecule has 0 aliphatic rings. The van der Waals surface area contributed by atoms with Gasteiger partial charge in [-0.15, -0.1) is 5.10 Å². The molecule has 0 amide bonds. The summed E-state index contributed by atoms with van der Waals surface area (Å²) in [5.41, 5.74) is 2.60. The van der Waals surface area contributed by atoms with Crippen LogP contribution in [0, 0.1) is 5.82 Å². The molecule has 2 aromatic heterocycles. The maximum absolute atomic E-state index is 13.2. The van der Waals surface area contributed by atoms with Crippen LogP contribution in [-0.4, -0.2) is 20.7 Å². The van der Waals surface area contributed by atoms with Gasteiger partial charge in [0.05, 0.1) is 6.26 Å². The van der Waals surface area contributed by atoms with Gasteiger partial charge in [-0.05, 0) is 53.4 Å². The molecule has 2 aromatic carbocycles. The van der Waals surface area contributed by atoms with Crippen LogP contribution in [0.15, 0.2) is 71.3 Å². The molecule has 0 spiro atoms. The van der Waals surface area contributed by atoms with Gasteiger partial charge in [0.15, 0.2) is 5.76 Å². The zero-order chi connectivity index (χ0) is 21.1. The van der Waals surface area contributed by atoms with E-state index < -0.39 is 11.7 Å². The Hall–Kier alpha value is -3.74. The van der Waals surface area contributed by atoms with E-state index >= 15 is 0 Å². The van der Waals surface area contributed by atoms with E-state index in [1.807, 2.05) is 12.1 Å². The van der Waals surface area contributed by atoms with E-state index in [1.165, 1.54) is 40.8 Å². The number of carbonyl (C=O) groups is 1. The molecule has 0 unspecified atom stereocenters. The Bertz CT molecular complexity index is 1130. The van der Waals surface area contributed by atoms with Crippen molar-refractivity contribution in [3.63, 3.8) is 0 Å². The average molecular weight is 404 g/mol. The number of carbonyl (C=O) groups excluding carboxylic acids is 1. The van der Waals surface area contributed by atoms with E-state index in [-0.39, 0.29) is 11.8 Å². The van der Waals surface area contributed by atoms with Crippen molar-refractivity contribution in [2.75, 3.05) is 5.32 Å². The topological polar surface area (TPSA) is 73.0 Å². The largest absolute Gasteiger partial charge is 0.461 e. The molecule has 152 valence electrons. The smallest absolute Gasteiger partial charge is 0.281 e. The number of aromatic nitrogens is 3. The molecule has 0 bridgehead atoms. The van der Waals surface area contributed by atoms with Crippen LogP contribution in [0.3, 0.4) is 0 Å². The summed E-state index contributed by atoms with van der Waals surface area (Å²) in [6, 6.07) is 17.0. The van der Waals surface area contributed by atoms with Crippen molar-refractivity contribution in [2.24, 2.45) is 0 Å². The third-order valence-electron chi connectivity index (χ3n) is 4.73. The number of furan rings is 1. The van der Waals surface area contributed by atoms with Crippen molar-refractivity contribution >= 4 is 11.9 Å². The molecule has 6 nitrogen and oxygen atoms in total. The molecule has 1 N–H and O–H groups in total. The van der Waals surface area contributed by atoms with Crippen LogP contribution in [0.25, 0.3) is 11.6 Å². The molecule has 7 heteroatoms. The summed E-state index contributed by atoms with van der Waals surface area (Å²) in [6.07, 6.45) is 1.52. The van der Waals surface area contributed by atoms with E-state index in [9.17, 15) is 9.18 Å². The SMILES string of the molecule is CC(C)c1ccc(CNc2nc(-c3ccco3)nn2C(=O)c2ccc(F)cc2)cc1. The summed E-state index contributed by atoms with van der Waals surface area (Å²) in [5, 5.41) is 7.48. The predicted molar refractivity (Wildman–Crippen MR) is 112 cm³/mol. The molecule has 0 fully saturated rings. The third-order valence-corrected chi connectivity index (χ3v) is 4.73. The van der Waals surface area contributed by atoms with E-state index in [4.69, 9.17) is 4.42 Å². The average Bonchev–Trinajstić information content (AvgIpc) is 3.42. The number of benzene rings is 2. The number of rotatable bonds is 6. The van der Waals surface area contributed by atoms with Crippen LogP contribution >= 0.6 is 0 Å². The summed E-state index contributed by atoms with van der Waals surface area (Å²) < 4.78 is 19.8. The van der Waals surface area contributed by atoms with Crippen LogP contribution in [0.5, 0.6) is 0 Å². The van der Waals surface area contributed by atoms with E-state index in [0.29, 0.717) is 23.8 Å². The Balaban J connectivity index is 1.62.